The highest BCUT2D eigenvalue weighted by Gasteiger charge is 2.14. The van der Waals surface area contributed by atoms with Crippen LogP contribution in [-0.4, -0.2) is 29.8 Å². The van der Waals surface area contributed by atoms with Crippen molar-refractivity contribution in [3.05, 3.63) is 79.9 Å². The molecule has 0 aliphatic rings. The lowest BCUT2D eigenvalue weighted by atomic mass is 10.3. The zero-order chi connectivity index (χ0) is 20.4. The van der Waals surface area contributed by atoms with Crippen LogP contribution in [-0.2, 0) is 13.2 Å². The predicted octanol–water partition coefficient (Wildman–Crippen LogP) is 5.21. The van der Waals surface area contributed by atoms with Gasteiger partial charge in [-0.25, -0.2) is 14.3 Å². The van der Waals surface area contributed by atoms with Gasteiger partial charge in [-0.15, -0.1) is 5.10 Å². The fourth-order valence-electron chi connectivity index (χ4n) is 2.63. The molecule has 0 N–H and O–H groups in total. The maximum atomic E-state index is 6.26. The molecule has 0 unspecified atom stereocenters. The first kappa shape index (κ1) is 20.2. The number of pyridine rings is 1. The third-order valence-corrected chi connectivity index (χ3v) is 4.94. The molecule has 7 nitrogen and oxygen atoms in total. The van der Waals surface area contributed by atoms with E-state index < -0.39 is 0 Å². The molecule has 3 heterocycles. The standard InChI is InChI=1S/C18H12BrCl3N6O/c19-17-7-14(28(25-17)18-16(22)2-1-3-23-18)9-27-8-13(24-26-27)10-29-15-5-11(20)4-12(21)6-15/h1-8H,9-10H2. The van der Waals surface area contributed by atoms with Gasteiger partial charge in [-0.05, 0) is 52.3 Å². The molecule has 0 bridgehead atoms. The highest BCUT2D eigenvalue weighted by molar-refractivity contribution is 9.10. The van der Waals surface area contributed by atoms with Gasteiger partial charge in [0, 0.05) is 16.2 Å². The van der Waals surface area contributed by atoms with Gasteiger partial charge in [-0.2, -0.15) is 5.10 Å². The van der Waals surface area contributed by atoms with E-state index in [1.807, 2.05) is 6.07 Å². The summed E-state index contributed by atoms with van der Waals surface area (Å²) in [6, 6.07) is 10.4. The zero-order valence-electron chi connectivity index (χ0n) is 14.6. The predicted molar refractivity (Wildman–Crippen MR) is 114 cm³/mol. The van der Waals surface area contributed by atoms with Gasteiger partial charge >= 0.3 is 0 Å². The van der Waals surface area contributed by atoms with Crippen molar-refractivity contribution in [2.24, 2.45) is 0 Å². The van der Waals surface area contributed by atoms with E-state index in [1.165, 1.54) is 0 Å². The van der Waals surface area contributed by atoms with Crippen molar-refractivity contribution in [3.8, 4) is 11.6 Å². The van der Waals surface area contributed by atoms with E-state index >= 15 is 0 Å². The first-order valence-electron chi connectivity index (χ1n) is 8.31. The second kappa shape index (κ2) is 8.71. The van der Waals surface area contributed by atoms with Crippen molar-refractivity contribution in [3.63, 3.8) is 0 Å². The minimum atomic E-state index is 0.228. The fourth-order valence-corrected chi connectivity index (χ4v) is 3.76. The molecule has 29 heavy (non-hydrogen) atoms. The Morgan fingerprint density at radius 1 is 1.07 bits per heavy atom. The molecule has 0 atom stereocenters. The van der Waals surface area contributed by atoms with Crippen LogP contribution in [0.15, 0.2) is 53.4 Å². The van der Waals surface area contributed by atoms with Crippen LogP contribution < -0.4 is 4.74 Å². The summed E-state index contributed by atoms with van der Waals surface area (Å²) >= 11 is 21.6. The Labute approximate surface area is 189 Å². The van der Waals surface area contributed by atoms with Crippen molar-refractivity contribution in [1.82, 2.24) is 29.8 Å². The lowest BCUT2D eigenvalue weighted by molar-refractivity contribution is 0.301. The molecule has 148 valence electrons. The summed E-state index contributed by atoms with van der Waals surface area (Å²) in [5.74, 6) is 1.10. The van der Waals surface area contributed by atoms with E-state index in [2.05, 4.69) is 36.3 Å². The number of benzene rings is 1. The van der Waals surface area contributed by atoms with Crippen LogP contribution in [0.4, 0.5) is 0 Å². The monoisotopic (exact) mass is 512 g/mol. The van der Waals surface area contributed by atoms with Gasteiger partial charge in [0.25, 0.3) is 0 Å². The maximum absolute atomic E-state index is 6.26. The number of nitrogens with zero attached hydrogens (tertiary/aromatic N) is 6. The molecule has 0 aliphatic heterocycles. The van der Waals surface area contributed by atoms with Gasteiger partial charge < -0.3 is 4.74 Å². The fraction of sp³-hybridized carbons (Fsp3) is 0.111. The van der Waals surface area contributed by atoms with Crippen molar-refractivity contribution in [1.29, 1.82) is 0 Å². The van der Waals surface area contributed by atoms with Crippen LogP contribution in [0.3, 0.4) is 0 Å². The van der Waals surface area contributed by atoms with Crippen LogP contribution in [0.2, 0.25) is 15.1 Å². The Balaban J connectivity index is 1.49. The average Bonchev–Trinajstić information content (AvgIpc) is 3.26. The van der Waals surface area contributed by atoms with Gasteiger partial charge in [0.05, 0.1) is 23.5 Å². The Kier molecular flexibility index (Phi) is 6.05. The summed E-state index contributed by atoms with van der Waals surface area (Å²) in [5.41, 5.74) is 1.48. The molecule has 11 heteroatoms. The van der Waals surface area contributed by atoms with E-state index in [0.717, 1.165) is 5.69 Å². The van der Waals surface area contributed by atoms with Crippen molar-refractivity contribution >= 4 is 50.7 Å². The largest absolute Gasteiger partial charge is 0.487 e. The SMILES string of the molecule is Clc1cc(Cl)cc(OCc2cn(Cc3cc(Br)nn3-c3ncccc3Cl)nn2)c1. The molecule has 1 aromatic carbocycles. The molecule has 0 saturated carbocycles. The van der Waals surface area contributed by atoms with Crippen molar-refractivity contribution in [2.45, 2.75) is 13.2 Å². The molecule has 0 saturated heterocycles. The first-order valence-corrected chi connectivity index (χ1v) is 10.2. The second-order valence-electron chi connectivity index (χ2n) is 5.98. The van der Waals surface area contributed by atoms with Crippen LogP contribution in [0.1, 0.15) is 11.4 Å². The Morgan fingerprint density at radius 2 is 1.86 bits per heavy atom. The summed E-state index contributed by atoms with van der Waals surface area (Å²) in [7, 11) is 0. The lowest BCUT2D eigenvalue weighted by Gasteiger charge is -2.07. The number of ether oxygens (including phenoxy) is 1. The maximum Gasteiger partial charge on any atom is 0.172 e. The minimum absolute atomic E-state index is 0.228. The quantitative estimate of drug-likeness (QED) is 0.353. The Hall–Kier alpha value is -2.13. The third-order valence-electron chi connectivity index (χ3n) is 3.83. The molecule has 0 spiro atoms. The molecule has 0 amide bonds. The average molecular weight is 515 g/mol. The van der Waals surface area contributed by atoms with E-state index in [4.69, 9.17) is 39.5 Å². The molecular formula is C18H12BrCl3N6O. The van der Waals surface area contributed by atoms with Gasteiger partial charge in [-0.1, -0.05) is 40.0 Å². The molecule has 4 aromatic rings. The van der Waals surface area contributed by atoms with Gasteiger partial charge in [0.1, 0.15) is 22.7 Å². The van der Waals surface area contributed by atoms with E-state index in [9.17, 15) is 0 Å². The summed E-state index contributed by atoms with van der Waals surface area (Å²) in [4.78, 5) is 4.31. The number of hydrogen-bond donors (Lipinski definition) is 0. The van der Waals surface area contributed by atoms with E-state index in [-0.39, 0.29) is 6.61 Å². The van der Waals surface area contributed by atoms with Crippen LogP contribution in [0.25, 0.3) is 5.82 Å². The van der Waals surface area contributed by atoms with Crippen LogP contribution >= 0.6 is 50.7 Å². The molecule has 0 aliphatic carbocycles. The normalized spacial score (nSPS) is 11.0. The Bertz CT molecular complexity index is 1140. The van der Waals surface area contributed by atoms with E-state index in [1.54, 1.807) is 52.1 Å². The molecule has 3 aromatic heterocycles. The molecule has 4 rings (SSSR count). The van der Waals surface area contributed by atoms with Crippen molar-refractivity contribution < 1.29 is 4.74 Å². The van der Waals surface area contributed by atoms with Gasteiger partial charge in [-0.3, -0.25) is 0 Å². The van der Waals surface area contributed by atoms with E-state index in [0.29, 0.717) is 43.5 Å². The van der Waals surface area contributed by atoms with Crippen LogP contribution in [0.5, 0.6) is 5.75 Å². The topological polar surface area (TPSA) is 70.7 Å². The second-order valence-corrected chi connectivity index (χ2v) is 8.07. The highest BCUT2D eigenvalue weighted by Crippen LogP contribution is 2.25. The summed E-state index contributed by atoms with van der Waals surface area (Å²) in [5, 5.41) is 14.2. The Morgan fingerprint density at radius 3 is 2.62 bits per heavy atom. The zero-order valence-corrected chi connectivity index (χ0v) is 18.5. The minimum Gasteiger partial charge on any atom is -0.487 e. The molecular weight excluding hydrogens is 503 g/mol. The first-order chi connectivity index (χ1) is 14.0. The number of aromatic nitrogens is 6. The highest BCUT2D eigenvalue weighted by atomic mass is 79.9. The molecule has 0 radical (unpaired) electrons. The lowest BCUT2D eigenvalue weighted by Crippen LogP contribution is -2.09. The number of halogens is 4. The number of hydrogen-bond acceptors (Lipinski definition) is 5. The van der Waals surface area contributed by atoms with Crippen molar-refractivity contribution in [2.75, 3.05) is 0 Å². The van der Waals surface area contributed by atoms with Gasteiger partial charge in [0.15, 0.2) is 5.82 Å². The molecule has 0 fully saturated rings. The van der Waals surface area contributed by atoms with Crippen LogP contribution in [0, 0.1) is 0 Å². The third kappa shape index (κ3) is 4.90. The summed E-state index contributed by atoms with van der Waals surface area (Å²) in [6.45, 7) is 0.646. The number of rotatable bonds is 6. The van der Waals surface area contributed by atoms with Gasteiger partial charge in [0.2, 0.25) is 0 Å². The smallest absolute Gasteiger partial charge is 0.172 e. The summed E-state index contributed by atoms with van der Waals surface area (Å²) < 4.78 is 9.70. The summed E-state index contributed by atoms with van der Waals surface area (Å²) in [6.07, 6.45) is 3.45.